The highest BCUT2D eigenvalue weighted by molar-refractivity contribution is 7.99. The largest absolute Gasteiger partial charge is 0.497 e. The Morgan fingerprint density at radius 3 is 2.31 bits per heavy atom. The van der Waals surface area contributed by atoms with Crippen LogP contribution in [0.25, 0.3) is 0 Å². The molecule has 1 N–H and O–H groups in total. The Kier molecular flexibility index (Phi) is 8.02. The zero-order valence-electron chi connectivity index (χ0n) is 15.0. The monoisotopic (exact) mass is 373 g/mol. The van der Waals surface area contributed by atoms with E-state index in [2.05, 4.69) is 5.32 Å². The maximum absolute atomic E-state index is 11.8. The first-order chi connectivity index (χ1) is 12.6. The number of carbonyl (C=O) groups is 2. The fraction of sp³-hybridized carbons (Fsp3) is 0.300. The molecule has 2 aromatic rings. The van der Waals surface area contributed by atoms with Crippen LogP contribution in [0.1, 0.15) is 16.7 Å². The van der Waals surface area contributed by atoms with Crippen molar-refractivity contribution >= 4 is 23.6 Å². The lowest BCUT2D eigenvalue weighted by Crippen LogP contribution is -2.28. The van der Waals surface area contributed by atoms with Gasteiger partial charge in [0.2, 0.25) is 0 Å². The summed E-state index contributed by atoms with van der Waals surface area (Å²) in [6.45, 7) is 2.15. The second-order valence-electron chi connectivity index (χ2n) is 5.76. The second-order valence-corrected chi connectivity index (χ2v) is 6.75. The molecule has 1 amide bonds. The van der Waals surface area contributed by atoms with Crippen molar-refractivity contribution < 1.29 is 19.1 Å². The topological polar surface area (TPSA) is 64.6 Å². The van der Waals surface area contributed by atoms with E-state index in [1.54, 1.807) is 7.11 Å². The van der Waals surface area contributed by atoms with E-state index in [1.165, 1.54) is 17.3 Å². The van der Waals surface area contributed by atoms with Gasteiger partial charge in [-0.3, -0.25) is 9.59 Å². The number of esters is 1. The lowest BCUT2D eigenvalue weighted by atomic mass is 10.2. The van der Waals surface area contributed by atoms with Crippen LogP contribution in [-0.2, 0) is 26.6 Å². The van der Waals surface area contributed by atoms with Gasteiger partial charge < -0.3 is 14.8 Å². The van der Waals surface area contributed by atoms with Gasteiger partial charge in [0.05, 0.1) is 12.9 Å². The van der Waals surface area contributed by atoms with Crippen LogP contribution in [-0.4, -0.2) is 31.3 Å². The molecule has 0 atom stereocenters. The smallest absolute Gasteiger partial charge is 0.316 e. The summed E-state index contributed by atoms with van der Waals surface area (Å²) in [5, 5.41) is 2.72. The Morgan fingerprint density at radius 2 is 1.65 bits per heavy atom. The highest BCUT2D eigenvalue weighted by Crippen LogP contribution is 2.13. The lowest BCUT2D eigenvalue weighted by molar-refractivity contribution is -0.145. The zero-order valence-corrected chi connectivity index (χ0v) is 15.8. The van der Waals surface area contributed by atoms with Crippen LogP contribution < -0.4 is 10.1 Å². The van der Waals surface area contributed by atoms with Gasteiger partial charge in [-0.15, -0.1) is 11.8 Å². The number of ether oxygens (including phenoxy) is 2. The lowest BCUT2D eigenvalue weighted by Gasteiger charge is -2.07. The van der Waals surface area contributed by atoms with Gasteiger partial charge >= 0.3 is 5.97 Å². The van der Waals surface area contributed by atoms with E-state index in [4.69, 9.17) is 9.47 Å². The molecule has 0 unspecified atom stereocenters. The van der Waals surface area contributed by atoms with Gasteiger partial charge in [0.25, 0.3) is 5.91 Å². The molecule has 0 aliphatic carbocycles. The summed E-state index contributed by atoms with van der Waals surface area (Å²) in [6.07, 6.45) is 0. The van der Waals surface area contributed by atoms with Crippen LogP contribution in [0, 0.1) is 6.92 Å². The number of benzene rings is 2. The summed E-state index contributed by atoms with van der Waals surface area (Å²) in [7, 11) is 1.60. The molecule has 5 nitrogen and oxygen atoms in total. The van der Waals surface area contributed by atoms with Crippen LogP contribution in [0.4, 0.5) is 0 Å². The van der Waals surface area contributed by atoms with Crippen LogP contribution in [0.5, 0.6) is 5.75 Å². The van der Waals surface area contributed by atoms with Gasteiger partial charge in [0.15, 0.2) is 6.61 Å². The number of thioether (sulfide) groups is 1. The Bertz CT molecular complexity index is 714. The predicted octanol–water partition coefficient (Wildman–Crippen LogP) is 3.10. The molecule has 0 spiro atoms. The quantitative estimate of drug-likeness (QED) is 0.684. The van der Waals surface area contributed by atoms with Crippen LogP contribution in [0.2, 0.25) is 0 Å². The number of aryl methyl sites for hydroxylation is 1. The Balaban J connectivity index is 1.60. The minimum atomic E-state index is -0.387. The van der Waals surface area contributed by atoms with Crippen LogP contribution in [0.3, 0.4) is 0 Å². The third kappa shape index (κ3) is 7.19. The number of nitrogens with one attached hydrogen (secondary N) is 1. The molecule has 0 bridgehead atoms. The van der Waals surface area contributed by atoms with E-state index in [1.807, 2.05) is 55.5 Å². The first kappa shape index (κ1) is 19.8. The van der Waals surface area contributed by atoms with Crippen molar-refractivity contribution in [1.29, 1.82) is 0 Å². The third-order valence-electron chi connectivity index (χ3n) is 3.62. The Labute approximate surface area is 158 Å². The number of carbonyl (C=O) groups excluding carboxylic acids is 2. The minimum absolute atomic E-state index is 0.222. The SMILES string of the molecule is COc1ccc(CNC(=O)COC(=O)CSCc2ccc(C)cc2)cc1. The van der Waals surface area contributed by atoms with Crippen LogP contribution >= 0.6 is 11.8 Å². The maximum Gasteiger partial charge on any atom is 0.316 e. The van der Waals surface area contributed by atoms with Gasteiger partial charge in [0, 0.05) is 12.3 Å². The summed E-state index contributed by atoms with van der Waals surface area (Å²) < 4.78 is 10.1. The summed E-state index contributed by atoms with van der Waals surface area (Å²) in [5.41, 5.74) is 3.31. The second kappa shape index (κ2) is 10.5. The molecule has 2 aromatic carbocycles. The number of hydrogen-bond acceptors (Lipinski definition) is 5. The van der Waals surface area contributed by atoms with E-state index in [9.17, 15) is 9.59 Å². The Morgan fingerprint density at radius 1 is 1.00 bits per heavy atom. The zero-order chi connectivity index (χ0) is 18.8. The standard InChI is InChI=1S/C20H23NO4S/c1-15-3-5-17(6-4-15)13-26-14-20(23)25-12-19(22)21-11-16-7-9-18(24-2)10-8-16/h3-10H,11-14H2,1-2H3,(H,21,22). The molecule has 0 aromatic heterocycles. The molecule has 0 aliphatic rings. The van der Waals surface area contributed by atoms with E-state index in [-0.39, 0.29) is 24.2 Å². The number of hydrogen-bond donors (Lipinski definition) is 1. The molecule has 2 rings (SSSR count). The third-order valence-corrected chi connectivity index (χ3v) is 4.60. The van der Waals surface area contributed by atoms with E-state index in [0.29, 0.717) is 6.54 Å². The molecule has 0 radical (unpaired) electrons. The average Bonchev–Trinajstić information content (AvgIpc) is 2.66. The first-order valence-electron chi connectivity index (χ1n) is 8.25. The van der Waals surface area contributed by atoms with Gasteiger partial charge in [-0.05, 0) is 30.2 Å². The summed E-state index contributed by atoms with van der Waals surface area (Å²) in [4.78, 5) is 23.5. The highest BCUT2D eigenvalue weighted by atomic mass is 32.2. The van der Waals surface area contributed by atoms with Crippen molar-refractivity contribution in [3.63, 3.8) is 0 Å². The normalized spacial score (nSPS) is 10.2. The average molecular weight is 373 g/mol. The molecule has 6 heteroatoms. The molecule has 0 saturated carbocycles. The van der Waals surface area contributed by atoms with E-state index >= 15 is 0 Å². The molecule has 0 heterocycles. The Hall–Kier alpha value is -2.47. The fourth-order valence-electron chi connectivity index (χ4n) is 2.12. The van der Waals surface area contributed by atoms with Crippen LogP contribution in [0.15, 0.2) is 48.5 Å². The number of rotatable bonds is 9. The van der Waals surface area contributed by atoms with Crippen molar-refractivity contribution in [3.05, 3.63) is 65.2 Å². The predicted molar refractivity (Wildman–Crippen MR) is 103 cm³/mol. The van der Waals surface area contributed by atoms with Crippen molar-refractivity contribution in [2.45, 2.75) is 19.2 Å². The van der Waals surface area contributed by atoms with Gasteiger partial charge in [-0.2, -0.15) is 0 Å². The molecular formula is C20H23NO4S. The van der Waals surface area contributed by atoms with E-state index < -0.39 is 0 Å². The van der Waals surface area contributed by atoms with Crippen molar-refractivity contribution in [2.75, 3.05) is 19.5 Å². The van der Waals surface area contributed by atoms with Crippen molar-refractivity contribution in [2.24, 2.45) is 0 Å². The number of amides is 1. The molecule has 26 heavy (non-hydrogen) atoms. The minimum Gasteiger partial charge on any atom is -0.497 e. The van der Waals surface area contributed by atoms with E-state index in [0.717, 1.165) is 22.6 Å². The van der Waals surface area contributed by atoms with Gasteiger partial charge in [-0.1, -0.05) is 42.0 Å². The summed E-state index contributed by atoms with van der Waals surface area (Å²) >= 11 is 1.47. The first-order valence-corrected chi connectivity index (χ1v) is 9.41. The maximum atomic E-state index is 11.8. The molecular weight excluding hydrogens is 350 g/mol. The molecule has 138 valence electrons. The highest BCUT2D eigenvalue weighted by Gasteiger charge is 2.08. The number of methoxy groups -OCH3 is 1. The molecule has 0 aliphatic heterocycles. The molecule has 0 saturated heterocycles. The van der Waals surface area contributed by atoms with Crippen molar-refractivity contribution in [1.82, 2.24) is 5.32 Å². The summed E-state index contributed by atoms with van der Waals surface area (Å²) in [5.74, 6) is 1.01. The van der Waals surface area contributed by atoms with Gasteiger partial charge in [0.1, 0.15) is 5.75 Å². The fourth-order valence-corrected chi connectivity index (χ4v) is 2.90. The van der Waals surface area contributed by atoms with Gasteiger partial charge in [-0.25, -0.2) is 0 Å². The molecule has 0 fully saturated rings. The summed E-state index contributed by atoms with van der Waals surface area (Å²) in [6, 6.07) is 15.6. The van der Waals surface area contributed by atoms with Crippen molar-refractivity contribution in [3.8, 4) is 5.75 Å².